The Morgan fingerprint density at radius 1 is 0.957 bits per heavy atom. The molecule has 6 heteroatoms. The Morgan fingerprint density at radius 2 is 1.61 bits per heavy atom. The van der Waals surface area contributed by atoms with Crippen LogP contribution in [0.4, 0.5) is 0 Å². The van der Waals surface area contributed by atoms with Crippen molar-refractivity contribution < 1.29 is 17.9 Å². The first kappa shape index (κ1) is 17.3. The minimum atomic E-state index is -3.72. The number of rotatable bonds is 6. The predicted octanol–water partition coefficient (Wildman–Crippen LogP) is 2.80. The minimum absolute atomic E-state index is 0.0658. The molecule has 0 aliphatic carbocycles. The van der Waals surface area contributed by atoms with Crippen LogP contribution < -0.4 is 14.2 Å². The third-order valence-corrected chi connectivity index (χ3v) is 5.11. The van der Waals surface area contributed by atoms with Gasteiger partial charge in [-0.3, -0.25) is 0 Å². The van der Waals surface area contributed by atoms with E-state index in [2.05, 4.69) is 4.72 Å². The van der Waals surface area contributed by atoms with Crippen molar-refractivity contribution in [3.05, 3.63) is 53.1 Å². The molecule has 0 spiro atoms. The van der Waals surface area contributed by atoms with E-state index in [4.69, 9.17) is 9.47 Å². The number of nitrogens with one attached hydrogen (secondary N) is 1. The van der Waals surface area contributed by atoms with E-state index in [0.717, 1.165) is 16.7 Å². The van der Waals surface area contributed by atoms with Gasteiger partial charge in [0.1, 0.15) is 16.4 Å². The molecular weight excluding hydrogens is 314 g/mol. The first-order valence-corrected chi connectivity index (χ1v) is 8.64. The van der Waals surface area contributed by atoms with E-state index >= 15 is 0 Å². The normalized spacial score (nSPS) is 11.3. The van der Waals surface area contributed by atoms with E-state index in [1.54, 1.807) is 6.07 Å². The Morgan fingerprint density at radius 3 is 2.22 bits per heavy atom. The summed E-state index contributed by atoms with van der Waals surface area (Å²) in [7, 11) is -0.770. The molecule has 0 fully saturated rings. The molecule has 2 aromatic carbocycles. The van der Waals surface area contributed by atoms with Crippen LogP contribution in [0.25, 0.3) is 0 Å². The number of benzene rings is 2. The first-order chi connectivity index (χ1) is 10.9. The van der Waals surface area contributed by atoms with Crippen molar-refractivity contribution in [2.45, 2.75) is 25.3 Å². The highest BCUT2D eigenvalue weighted by molar-refractivity contribution is 7.89. The second-order valence-electron chi connectivity index (χ2n) is 5.22. The molecule has 124 valence electrons. The van der Waals surface area contributed by atoms with Gasteiger partial charge < -0.3 is 9.47 Å². The maximum absolute atomic E-state index is 12.6. The topological polar surface area (TPSA) is 64.6 Å². The summed E-state index contributed by atoms with van der Waals surface area (Å²) in [6.45, 7) is 3.99. The van der Waals surface area contributed by atoms with Gasteiger partial charge in [-0.15, -0.1) is 0 Å². The number of aryl methyl sites for hydroxylation is 2. The Bertz CT molecular complexity index is 800. The van der Waals surface area contributed by atoms with E-state index in [9.17, 15) is 8.42 Å². The Balaban J connectivity index is 2.34. The summed E-state index contributed by atoms with van der Waals surface area (Å²) in [5.41, 5.74) is 2.76. The standard InChI is InChI=1S/C17H21NO4S/c1-12-7-5-6-8-14(12)11-18-23(19,20)17-10-15(21-3)13(2)9-16(17)22-4/h5-10,18H,11H2,1-4H3. The fourth-order valence-corrected chi connectivity index (χ4v) is 3.46. The molecule has 0 aliphatic rings. The molecule has 2 aromatic rings. The number of ether oxygens (including phenoxy) is 2. The molecule has 23 heavy (non-hydrogen) atoms. The van der Waals surface area contributed by atoms with Gasteiger partial charge in [-0.25, -0.2) is 13.1 Å². The van der Waals surface area contributed by atoms with Crippen molar-refractivity contribution in [1.82, 2.24) is 4.72 Å². The van der Waals surface area contributed by atoms with Gasteiger partial charge in [0.05, 0.1) is 14.2 Å². The van der Waals surface area contributed by atoms with Gasteiger partial charge in [-0.05, 0) is 36.6 Å². The highest BCUT2D eigenvalue weighted by atomic mass is 32.2. The van der Waals surface area contributed by atoms with Crippen molar-refractivity contribution in [2.75, 3.05) is 14.2 Å². The van der Waals surface area contributed by atoms with Gasteiger partial charge >= 0.3 is 0 Å². The van der Waals surface area contributed by atoms with Crippen LogP contribution >= 0.6 is 0 Å². The Hall–Kier alpha value is -2.05. The average molecular weight is 335 g/mol. The van der Waals surface area contributed by atoms with E-state index < -0.39 is 10.0 Å². The van der Waals surface area contributed by atoms with Gasteiger partial charge in [0, 0.05) is 12.6 Å². The molecule has 0 saturated carbocycles. The van der Waals surface area contributed by atoms with Crippen LogP contribution in [-0.2, 0) is 16.6 Å². The molecule has 0 amide bonds. The summed E-state index contributed by atoms with van der Waals surface area (Å²) < 4.78 is 38.3. The van der Waals surface area contributed by atoms with Crippen LogP contribution in [0.2, 0.25) is 0 Å². The highest BCUT2D eigenvalue weighted by Crippen LogP contribution is 2.31. The largest absolute Gasteiger partial charge is 0.496 e. The maximum Gasteiger partial charge on any atom is 0.244 e. The third-order valence-electron chi connectivity index (χ3n) is 3.68. The van der Waals surface area contributed by atoms with E-state index in [0.29, 0.717) is 11.5 Å². The summed E-state index contributed by atoms with van der Waals surface area (Å²) in [4.78, 5) is 0.0658. The molecule has 0 aromatic heterocycles. The van der Waals surface area contributed by atoms with E-state index in [-0.39, 0.29) is 11.4 Å². The van der Waals surface area contributed by atoms with Crippen LogP contribution in [-0.4, -0.2) is 22.6 Å². The lowest BCUT2D eigenvalue weighted by atomic mass is 10.1. The van der Waals surface area contributed by atoms with Gasteiger partial charge in [0.25, 0.3) is 0 Å². The molecule has 0 saturated heterocycles. The zero-order valence-electron chi connectivity index (χ0n) is 13.7. The third kappa shape index (κ3) is 3.83. The van der Waals surface area contributed by atoms with Crippen molar-refractivity contribution in [3.8, 4) is 11.5 Å². The number of methoxy groups -OCH3 is 2. The van der Waals surface area contributed by atoms with Gasteiger partial charge in [0.2, 0.25) is 10.0 Å². The number of hydrogen-bond acceptors (Lipinski definition) is 4. The number of sulfonamides is 1. The zero-order valence-corrected chi connectivity index (χ0v) is 14.5. The lowest BCUT2D eigenvalue weighted by Crippen LogP contribution is -2.24. The molecule has 2 rings (SSSR count). The SMILES string of the molecule is COc1cc(S(=O)(=O)NCc2ccccc2C)c(OC)cc1C. The molecule has 0 unspecified atom stereocenters. The van der Waals surface area contributed by atoms with Crippen molar-refractivity contribution >= 4 is 10.0 Å². The minimum Gasteiger partial charge on any atom is -0.496 e. The smallest absolute Gasteiger partial charge is 0.244 e. The second kappa shape index (κ2) is 7.02. The molecule has 1 N–H and O–H groups in total. The summed E-state index contributed by atoms with van der Waals surface area (Å²) in [6.07, 6.45) is 0. The van der Waals surface area contributed by atoms with Gasteiger partial charge in [-0.1, -0.05) is 24.3 Å². The van der Waals surface area contributed by atoms with Gasteiger partial charge in [0.15, 0.2) is 0 Å². The monoisotopic (exact) mass is 335 g/mol. The van der Waals surface area contributed by atoms with E-state index in [1.807, 2.05) is 38.1 Å². The van der Waals surface area contributed by atoms with Crippen LogP contribution in [0, 0.1) is 13.8 Å². The summed E-state index contributed by atoms with van der Waals surface area (Å²) in [5, 5.41) is 0. The Labute approximate surface area is 137 Å². The van der Waals surface area contributed by atoms with Crippen LogP contribution in [0.1, 0.15) is 16.7 Å². The molecular formula is C17H21NO4S. The molecule has 0 radical (unpaired) electrons. The van der Waals surface area contributed by atoms with Crippen LogP contribution in [0.5, 0.6) is 11.5 Å². The fourth-order valence-electron chi connectivity index (χ4n) is 2.29. The lowest BCUT2D eigenvalue weighted by Gasteiger charge is -2.14. The van der Waals surface area contributed by atoms with Gasteiger partial charge in [-0.2, -0.15) is 0 Å². The first-order valence-electron chi connectivity index (χ1n) is 7.16. The molecule has 5 nitrogen and oxygen atoms in total. The molecule has 0 aliphatic heterocycles. The Kier molecular flexibility index (Phi) is 5.28. The van der Waals surface area contributed by atoms with Crippen LogP contribution in [0.15, 0.2) is 41.3 Å². The van der Waals surface area contributed by atoms with Crippen molar-refractivity contribution in [1.29, 1.82) is 0 Å². The zero-order chi connectivity index (χ0) is 17.0. The molecule has 0 heterocycles. The molecule has 0 bridgehead atoms. The second-order valence-corrected chi connectivity index (χ2v) is 6.96. The lowest BCUT2D eigenvalue weighted by molar-refractivity contribution is 0.390. The summed E-state index contributed by atoms with van der Waals surface area (Å²) in [5.74, 6) is 0.794. The number of hydrogen-bond donors (Lipinski definition) is 1. The summed E-state index contributed by atoms with van der Waals surface area (Å²) >= 11 is 0. The average Bonchev–Trinajstić information content (AvgIpc) is 2.53. The quantitative estimate of drug-likeness (QED) is 0.882. The highest BCUT2D eigenvalue weighted by Gasteiger charge is 2.21. The predicted molar refractivity (Wildman–Crippen MR) is 89.5 cm³/mol. The van der Waals surface area contributed by atoms with Crippen LogP contribution in [0.3, 0.4) is 0 Å². The summed E-state index contributed by atoms with van der Waals surface area (Å²) in [6, 6.07) is 10.8. The fraction of sp³-hybridized carbons (Fsp3) is 0.294. The van der Waals surface area contributed by atoms with E-state index in [1.165, 1.54) is 20.3 Å². The molecule has 0 atom stereocenters. The van der Waals surface area contributed by atoms with Crippen molar-refractivity contribution in [3.63, 3.8) is 0 Å². The van der Waals surface area contributed by atoms with Crippen molar-refractivity contribution in [2.24, 2.45) is 0 Å². The maximum atomic E-state index is 12.6.